The molecule has 0 unspecified atom stereocenters. The van der Waals surface area contributed by atoms with Crippen molar-refractivity contribution in [1.82, 2.24) is 0 Å². The van der Waals surface area contributed by atoms with E-state index in [1.807, 2.05) is 0 Å². The van der Waals surface area contributed by atoms with Gasteiger partial charge in [-0.05, 0) is 30.7 Å². The molecule has 1 aromatic heterocycles. The number of fused-ring (bicyclic) bond motifs is 1. The summed E-state index contributed by atoms with van der Waals surface area (Å²) >= 11 is 0. The minimum Gasteiger partial charge on any atom is -0.455 e. The number of alkyl halides is 3. The highest BCUT2D eigenvalue weighted by Crippen LogP contribution is 2.36. The second-order valence-electron chi connectivity index (χ2n) is 5.19. The van der Waals surface area contributed by atoms with Crippen LogP contribution in [0.1, 0.15) is 21.5 Å². The molecule has 0 saturated carbocycles. The lowest BCUT2D eigenvalue weighted by atomic mass is 10.0. The summed E-state index contributed by atoms with van der Waals surface area (Å²) in [5, 5.41) is 0.579. The Morgan fingerprint density at radius 1 is 1.09 bits per heavy atom. The van der Waals surface area contributed by atoms with Crippen molar-refractivity contribution < 1.29 is 22.4 Å². The maximum Gasteiger partial charge on any atom is 0.416 e. The number of rotatable bonds is 2. The highest BCUT2D eigenvalue weighted by Gasteiger charge is 2.30. The Labute approximate surface area is 129 Å². The van der Waals surface area contributed by atoms with Gasteiger partial charge in [0.2, 0.25) is 0 Å². The first-order valence-electron chi connectivity index (χ1n) is 6.78. The zero-order valence-electron chi connectivity index (χ0n) is 12.1. The lowest BCUT2D eigenvalue weighted by Gasteiger charge is -2.07. The van der Waals surface area contributed by atoms with Crippen molar-refractivity contribution in [1.29, 1.82) is 0 Å². The molecule has 0 radical (unpaired) electrons. The zero-order chi connectivity index (χ0) is 16.8. The molecule has 2 N–H and O–H groups in total. The Morgan fingerprint density at radius 2 is 1.74 bits per heavy atom. The van der Waals surface area contributed by atoms with Gasteiger partial charge in [0.15, 0.2) is 0 Å². The van der Waals surface area contributed by atoms with E-state index in [9.17, 15) is 18.0 Å². The van der Waals surface area contributed by atoms with Gasteiger partial charge in [-0.3, -0.25) is 4.79 Å². The summed E-state index contributed by atoms with van der Waals surface area (Å²) in [5.74, 6) is -0.511. The fraction of sp³-hybridized carbons (Fsp3) is 0.118. The summed E-state index contributed by atoms with van der Waals surface area (Å²) < 4.78 is 43.6. The van der Waals surface area contributed by atoms with E-state index in [2.05, 4.69) is 0 Å². The first kappa shape index (κ1) is 15.1. The van der Waals surface area contributed by atoms with Gasteiger partial charge in [-0.25, -0.2) is 0 Å². The van der Waals surface area contributed by atoms with Gasteiger partial charge in [-0.1, -0.05) is 24.3 Å². The SMILES string of the molecule is Cc1cccc2oc(-c3ccc(C(F)(F)F)cc3)c(C(N)=O)c12. The summed E-state index contributed by atoms with van der Waals surface area (Å²) in [5.41, 5.74) is 6.49. The number of benzene rings is 2. The molecule has 1 amide bonds. The van der Waals surface area contributed by atoms with E-state index in [-0.39, 0.29) is 11.3 Å². The number of aryl methyl sites for hydroxylation is 1. The van der Waals surface area contributed by atoms with Crippen molar-refractivity contribution >= 4 is 16.9 Å². The number of carbonyl (C=O) groups is 1. The number of hydrogen-bond acceptors (Lipinski definition) is 2. The fourth-order valence-electron chi connectivity index (χ4n) is 2.57. The molecule has 118 valence electrons. The van der Waals surface area contributed by atoms with Gasteiger partial charge < -0.3 is 10.2 Å². The van der Waals surface area contributed by atoms with Crippen LogP contribution in [0.3, 0.4) is 0 Å². The number of amides is 1. The van der Waals surface area contributed by atoms with Crippen LogP contribution in [-0.4, -0.2) is 5.91 Å². The molecule has 3 rings (SSSR count). The summed E-state index contributed by atoms with van der Waals surface area (Å²) in [6.07, 6.45) is -4.42. The minimum atomic E-state index is -4.42. The maximum absolute atomic E-state index is 12.7. The van der Waals surface area contributed by atoms with Gasteiger partial charge >= 0.3 is 6.18 Å². The van der Waals surface area contributed by atoms with Crippen LogP contribution in [0, 0.1) is 6.92 Å². The van der Waals surface area contributed by atoms with Crippen LogP contribution >= 0.6 is 0 Å². The monoisotopic (exact) mass is 319 g/mol. The largest absolute Gasteiger partial charge is 0.455 e. The van der Waals surface area contributed by atoms with Crippen molar-refractivity contribution in [3.63, 3.8) is 0 Å². The number of hydrogen-bond donors (Lipinski definition) is 1. The molecule has 1 heterocycles. The average molecular weight is 319 g/mol. The van der Waals surface area contributed by atoms with Crippen molar-refractivity contribution in [3.05, 3.63) is 59.2 Å². The first-order valence-corrected chi connectivity index (χ1v) is 6.78. The smallest absolute Gasteiger partial charge is 0.416 e. The van der Waals surface area contributed by atoms with Crippen LogP contribution in [0.5, 0.6) is 0 Å². The number of halogens is 3. The van der Waals surface area contributed by atoms with Gasteiger partial charge in [0.05, 0.1) is 11.1 Å². The maximum atomic E-state index is 12.7. The minimum absolute atomic E-state index is 0.176. The lowest BCUT2D eigenvalue weighted by molar-refractivity contribution is -0.137. The molecule has 0 atom stereocenters. The number of nitrogens with two attached hydrogens (primary N) is 1. The number of primary amides is 1. The molecular formula is C17H12F3NO2. The third kappa shape index (κ3) is 2.56. The van der Waals surface area contributed by atoms with Gasteiger partial charge in [-0.2, -0.15) is 13.2 Å². The lowest BCUT2D eigenvalue weighted by Crippen LogP contribution is -2.11. The Bertz CT molecular complexity index is 893. The topological polar surface area (TPSA) is 56.2 Å². The van der Waals surface area contributed by atoms with E-state index in [4.69, 9.17) is 10.2 Å². The molecule has 0 aliphatic heterocycles. The van der Waals surface area contributed by atoms with Crippen LogP contribution in [0.15, 0.2) is 46.9 Å². The summed E-state index contributed by atoms with van der Waals surface area (Å²) in [6.45, 7) is 1.81. The second-order valence-corrected chi connectivity index (χ2v) is 5.19. The Morgan fingerprint density at radius 3 is 2.30 bits per heavy atom. The Balaban J connectivity index is 2.22. The van der Waals surface area contributed by atoms with E-state index in [1.165, 1.54) is 12.1 Å². The number of furan rings is 1. The molecule has 0 saturated heterocycles. The summed E-state index contributed by atoms with van der Waals surface area (Å²) in [7, 11) is 0. The van der Waals surface area contributed by atoms with E-state index >= 15 is 0 Å². The molecule has 2 aromatic carbocycles. The predicted octanol–water partition coefficient (Wildman–Crippen LogP) is 4.53. The molecule has 23 heavy (non-hydrogen) atoms. The van der Waals surface area contributed by atoms with Gasteiger partial charge in [0.25, 0.3) is 5.91 Å². The standard InChI is InChI=1S/C17H12F3NO2/c1-9-3-2-4-12-13(9)14(16(21)22)15(23-12)10-5-7-11(8-6-10)17(18,19)20/h2-8H,1H3,(H2,21,22). The normalized spacial score (nSPS) is 11.8. The molecule has 0 aliphatic carbocycles. The highest BCUT2D eigenvalue weighted by atomic mass is 19.4. The molecule has 6 heteroatoms. The van der Waals surface area contributed by atoms with Crippen LogP contribution in [0.2, 0.25) is 0 Å². The van der Waals surface area contributed by atoms with Crippen molar-refractivity contribution in [2.24, 2.45) is 5.73 Å². The van der Waals surface area contributed by atoms with E-state index < -0.39 is 17.6 Å². The van der Waals surface area contributed by atoms with Crippen LogP contribution in [0.25, 0.3) is 22.3 Å². The van der Waals surface area contributed by atoms with Crippen molar-refractivity contribution in [2.45, 2.75) is 13.1 Å². The van der Waals surface area contributed by atoms with E-state index in [0.29, 0.717) is 16.5 Å². The molecule has 0 fully saturated rings. The molecule has 3 nitrogen and oxygen atoms in total. The average Bonchev–Trinajstić information content (AvgIpc) is 2.87. The molecule has 0 spiro atoms. The van der Waals surface area contributed by atoms with Crippen LogP contribution in [0.4, 0.5) is 13.2 Å². The number of carbonyl (C=O) groups excluding carboxylic acids is 1. The van der Waals surface area contributed by atoms with Gasteiger partial charge in [-0.15, -0.1) is 0 Å². The first-order chi connectivity index (χ1) is 10.8. The van der Waals surface area contributed by atoms with Crippen LogP contribution in [-0.2, 0) is 6.18 Å². The van der Waals surface area contributed by atoms with E-state index in [0.717, 1.165) is 17.7 Å². The third-order valence-electron chi connectivity index (χ3n) is 3.64. The van der Waals surface area contributed by atoms with Gasteiger partial charge in [0, 0.05) is 10.9 Å². The van der Waals surface area contributed by atoms with Crippen molar-refractivity contribution in [2.75, 3.05) is 0 Å². The Hall–Kier alpha value is -2.76. The van der Waals surface area contributed by atoms with Gasteiger partial charge in [0.1, 0.15) is 11.3 Å². The Kier molecular flexibility index (Phi) is 3.39. The highest BCUT2D eigenvalue weighted by molar-refractivity contribution is 6.11. The third-order valence-corrected chi connectivity index (χ3v) is 3.64. The molecule has 3 aromatic rings. The second kappa shape index (κ2) is 5.15. The zero-order valence-corrected chi connectivity index (χ0v) is 12.1. The molecule has 0 aliphatic rings. The molecular weight excluding hydrogens is 307 g/mol. The predicted molar refractivity (Wildman–Crippen MR) is 79.9 cm³/mol. The quantitative estimate of drug-likeness (QED) is 0.754. The van der Waals surface area contributed by atoms with Crippen LogP contribution < -0.4 is 5.73 Å². The fourth-order valence-corrected chi connectivity index (χ4v) is 2.57. The summed E-state index contributed by atoms with van der Waals surface area (Å²) in [4.78, 5) is 11.8. The van der Waals surface area contributed by atoms with Crippen molar-refractivity contribution in [3.8, 4) is 11.3 Å². The molecule has 0 bridgehead atoms. The van der Waals surface area contributed by atoms with E-state index in [1.54, 1.807) is 25.1 Å². The summed E-state index contributed by atoms with van der Waals surface area (Å²) in [6, 6.07) is 9.68.